The van der Waals surface area contributed by atoms with Crippen molar-refractivity contribution >= 4 is 6.03 Å². The van der Waals surface area contributed by atoms with Crippen molar-refractivity contribution in [3.8, 4) is 0 Å². The molecule has 2 amide bonds. The molecule has 0 aromatic heterocycles. The lowest BCUT2D eigenvalue weighted by molar-refractivity contribution is 0.122. The van der Waals surface area contributed by atoms with Gasteiger partial charge in [-0.15, -0.1) is 0 Å². The molecule has 0 bridgehead atoms. The van der Waals surface area contributed by atoms with Crippen molar-refractivity contribution < 1.29 is 14.3 Å². The number of carbonyl (C=O) groups is 1. The van der Waals surface area contributed by atoms with Gasteiger partial charge in [0.05, 0.1) is 6.61 Å². The highest BCUT2D eigenvalue weighted by molar-refractivity contribution is 5.74. The molecule has 1 aliphatic heterocycles. The molecule has 6 heteroatoms. The summed E-state index contributed by atoms with van der Waals surface area (Å²) in [6.45, 7) is 3.48. The molecular weight excluding hydrogens is 345 g/mol. The highest BCUT2D eigenvalue weighted by Crippen LogP contribution is 2.27. The van der Waals surface area contributed by atoms with Gasteiger partial charge in [-0.3, -0.25) is 0 Å². The lowest BCUT2D eigenvalue weighted by Crippen LogP contribution is -2.47. The third-order valence-corrected chi connectivity index (χ3v) is 5.88. The molecule has 5 nitrogen and oxygen atoms in total. The SMILES string of the molecule is O=C(NC[C@H]1CCCN(C2CCCC2)C1)N(CCO)Cc1ccc(F)cc1. The zero-order valence-corrected chi connectivity index (χ0v) is 16.1. The predicted molar refractivity (Wildman–Crippen MR) is 104 cm³/mol. The molecule has 1 heterocycles. The van der Waals surface area contributed by atoms with Crippen LogP contribution in [0.3, 0.4) is 0 Å². The van der Waals surface area contributed by atoms with Crippen LogP contribution in [0.2, 0.25) is 0 Å². The average molecular weight is 378 g/mol. The van der Waals surface area contributed by atoms with Gasteiger partial charge in [0, 0.05) is 32.2 Å². The Kier molecular flexibility index (Phi) is 7.47. The molecule has 1 atom stereocenters. The maximum atomic E-state index is 13.1. The van der Waals surface area contributed by atoms with Gasteiger partial charge < -0.3 is 20.2 Å². The standard InChI is InChI=1S/C21H32FN3O2/c22-19-9-7-17(8-10-19)15-25(12-13-26)21(27)23-14-18-4-3-11-24(16-18)20-5-1-2-6-20/h7-10,18,20,26H,1-6,11-16H2,(H,23,27)/t18-/m1/s1. The van der Waals surface area contributed by atoms with E-state index >= 15 is 0 Å². The Labute approximate surface area is 161 Å². The molecule has 1 saturated carbocycles. The molecular formula is C21H32FN3O2. The van der Waals surface area contributed by atoms with E-state index in [1.165, 1.54) is 50.8 Å². The Balaban J connectivity index is 1.48. The van der Waals surface area contributed by atoms with E-state index in [0.717, 1.165) is 24.6 Å². The Morgan fingerprint density at radius 1 is 1.19 bits per heavy atom. The maximum Gasteiger partial charge on any atom is 0.317 e. The molecule has 3 rings (SSSR count). The Morgan fingerprint density at radius 2 is 1.93 bits per heavy atom. The Hall–Kier alpha value is -1.66. The maximum absolute atomic E-state index is 13.1. The lowest BCUT2D eigenvalue weighted by Gasteiger charge is -2.37. The molecule has 150 valence electrons. The van der Waals surface area contributed by atoms with Crippen LogP contribution >= 0.6 is 0 Å². The number of rotatable bonds is 7. The van der Waals surface area contributed by atoms with E-state index < -0.39 is 0 Å². The first kappa shape index (κ1) is 20.1. The second kappa shape index (κ2) is 10.0. The van der Waals surface area contributed by atoms with Gasteiger partial charge in [0.1, 0.15) is 5.82 Å². The Morgan fingerprint density at radius 3 is 2.63 bits per heavy atom. The first-order valence-corrected chi connectivity index (χ1v) is 10.3. The number of likely N-dealkylation sites (tertiary alicyclic amines) is 1. The largest absolute Gasteiger partial charge is 0.395 e. The summed E-state index contributed by atoms with van der Waals surface area (Å²) in [5.74, 6) is 0.200. The first-order valence-electron chi connectivity index (χ1n) is 10.3. The van der Waals surface area contributed by atoms with E-state index in [-0.39, 0.29) is 25.0 Å². The molecule has 0 spiro atoms. The highest BCUT2D eigenvalue weighted by atomic mass is 19.1. The van der Waals surface area contributed by atoms with Crippen molar-refractivity contribution in [3.63, 3.8) is 0 Å². The number of piperidine rings is 1. The van der Waals surface area contributed by atoms with Gasteiger partial charge >= 0.3 is 6.03 Å². The zero-order valence-electron chi connectivity index (χ0n) is 16.1. The summed E-state index contributed by atoms with van der Waals surface area (Å²) in [6, 6.07) is 6.72. The van der Waals surface area contributed by atoms with Crippen LogP contribution in [0.4, 0.5) is 9.18 Å². The summed E-state index contributed by atoms with van der Waals surface area (Å²) >= 11 is 0. The number of benzene rings is 1. The van der Waals surface area contributed by atoms with Crippen LogP contribution in [0.25, 0.3) is 0 Å². The van der Waals surface area contributed by atoms with Crippen molar-refractivity contribution in [1.29, 1.82) is 0 Å². The predicted octanol–water partition coefficient (Wildman–Crippen LogP) is 2.98. The van der Waals surface area contributed by atoms with Gasteiger partial charge in [-0.1, -0.05) is 25.0 Å². The summed E-state index contributed by atoms with van der Waals surface area (Å²) in [5, 5.41) is 12.3. The number of urea groups is 1. The van der Waals surface area contributed by atoms with Gasteiger partial charge in [0.2, 0.25) is 0 Å². The average Bonchev–Trinajstić information content (AvgIpc) is 3.22. The number of aliphatic hydroxyl groups excluding tert-OH is 1. The first-order chi connectivity index (χ1) is 13.2. The fourth-order valence-corrected chi connectivity index (χ4v) is 4.39. The van der Waals surface area contributed by atoms with Crippen LogP contribution in [0.5, 0.6) is 0 Å². The van der Waals surface area contributed by atoms with E-state index in [9.17, 15) is 14.3 Å². The summed E-state index contributed by atoms with van der Waals surface area (Å²) in [5.41, 5.74) is 0.852. The number of hydrogen-bond acceptors (Lipinski definition) is 3. The number of halogens is 1. The topological polar surface area (TPSA) is 55.8 Å². The fourth-order valence-electron chi connectivity index (χ4n) is 4.39. The van der Waals surface area contributed by atoms with Gasteiger partial charge in [-0.25, -0.2) is 9.18 Å². The van der Waals surface area contributed by atoms with E-state index in [4.69, 9.17) is 0 Å². The molecule has 2 fully saturated rings. The number of nitrogens with one attached hydrogen (secondary N) is 1. The number of amides is 2. The van der Waals surface area contributed by atoms with E-state index in [0.29, 0.717) is 19.0 Å². The summed E-state index contributed by atoms with van der Waals surface area (Å²) in [7, 11) is 0. The van der Waals surface area contributed by atoms with Crippen LogP contribution in [0.1, 0.15) is 44.1 Å². The van der Waals surface area contributed by atoms with Crippen LogP contribution < -0.4 is 5.32 Å². The molecule has 1 saturated heterocycles. The minimum Gasteiger partial charge on any atom is -0.395 e. The van der Waals surface area contributed by atoms with E-state index in [1.807, 2.05) is 0 Å². The quantitative estimate of drug-likeness (QED) is 0.768. The third kappa shape index (κ3) is 5.91. The van der Waals surface area contributed by atoms with Crippen molar-refractivity contribution in [2.45, 2.75) is 51.1 Å². The monoisotopic (exact) mass is 377 g/mol. The lowest BCUT2D eigenvalue weighted by atomic mass is 9.96. The van der Waals surface area contributed by atoms with Crippen LogP contribution in [-0.4, -0.2) is 59.8 Å². The fraction of sp³-hybridized carbons (Fsp3) is 0.667. The van der Waals surface area contributed by atoms with Crippen LogP contribution in [0, 0.1) is 11.7 Å². The van der Waals surface area contributed by atoms with Crippen molar-refractivity contribution in [2.75, 3.05) is 32.8 Å². The van der Waals surface area contributed by atoms with Crippen LogP contribution in [0.15, 0.2) is 24.3 Å². The summed E-state index contributed by atoms with van der Waals surface area (Å²) in [4.78, 5) is 16.8. The number of aliphatic hydroxyl groups is 1. The summed E-state index contributed by atoms with van der Waals surface area (Å²) < 4.78 is 13.1. The number of carbonyl (C=O) groups excluding carboxylic acids is 1. The normalized spacial score (nSPS) is 21.3. The van der Waals surface area contributed by atoms with Crippen molar-refractivity contribution in [2.24, 2.45) is 5.92 Å². The molecule has 0 radical (unpaired) electrons. The van der Waals surface area contributed by atoms with Gasteiger partial charge in [-0.05, 0) is 55.8 Å². The van der Waals surface area contributed by atoms with Crippen molar-refractivity contribution in [3.05, 3.63) is 35.6 Å². The van der Waals surface area contributed by atoms with Gasteiger partial charge in [0.25, 0.3) is 0 Å². The highest BCUT2D eigenvalue weighted by Gasteiger charge is 2.28. The molecule has 27 heavy (non-hydrogen) atoms. The summed E-state index contributed by atoms with van der Waals surface area (Å²) in [6.07, 6.45) is 7.70. The molecule has 1 aromatic carbocycles. The van der Waals surface area contributed by atoms with Crippen molar-refractivity contribution in [1.82, 2.24) is 15.1 Å². The third-order valence-electron chi connectivity index (χ3n) is 5.88. The number of nitrogens with zero attached hydrogens (tertiary/aromatic N) is 2. The van der Waals surface area contributed by atoms with E-state index in [2.05, 4.69) is 10.2 Å². The minimum absolute atomic E-state index is 0.0898. The van der Waals surface area contributed by atoms with Gasteiger partial charge in [-0.2, -0.15) is 0 Å². The van der Waals surface area contributed by atoms with Crippen LogP contribution in [-0.2, 0) is 6.54 Å². The smallest absolute Gasteiger partial charge is 0.317 e. The molecule has 2 aliphatic rings. The van der Waals surface area contributed by atoms with Gasteiger partial charge in [0.15, 0.2) is 0 Å². The molecule has 1 aromatic rings. The number of hydrogen-bond donors (Lipinski definition) is 2. The van der Waals surface area contributed by atoms with E-state index in [1.54, 1.807) is 17.0 Å². The minimum atomic E-state index is -0.291. The second-order valence-electron chi connectivity index (χ2n) is 7.90. The Bertz CT molecular complexity index is 590. The second-order valence-corrected chi connectivity index (χ2v) is 7.90. The molecule has 0 unspecified atom stereocenters. The molecule has 1 aliphatic carbocycles. The zero-order chi connectivity index (χ0) is 19.1. The molecule has 2 N–H and O–H groups in total.